The number of hydrogen-bond donors (Lipinski definition) is 0. The smallest absolute Gasteiger partial charge is 0.237 e. The second-order valence-corrected chi connectivity index (χ2v) is 8.02. The van der Waals surface area contributed by atoms with Gasteiger partial charge in [-0.05, 0) is 30.7 Å². The average Bonchev–Trinajstić information content (AvgIpc) is 3.45. The van der Waals surface area contributed by atoms with Crippen LogP contribution >= 0.6 is 0 Å². The van der Waals surface area contributed by atoms with E-state index in [2.05, 4.69) is 58.9 Å². The number of piperazine rings is 1. The molecule has 1 aromatic rings. The van der Waals surface area contributed by atoms with Crippen LogP contribution in [-0.4, -0.2) is 72.5 Å². The van der Waals surface area contributed by atoms with Crippen molar-refractivity contribution in [2.24, 2.45) is 5.92 Å². The Morgan fingerprint density at radius 1 is 1.08 bits per heavy atom. The molecular weight excluding hydrogens is 310 g/mol. The summed E-state index contributed by atoms with van der Waals surface area (Å²) in [6.45, 7) is 11.2. The van der Waals surface area contributed by atoms with Gasteiger partial charge in [-0.1, -0.05) is 44.2 Å². The van der Waals surface area contributed by atoms with Crippen LogP contribution in [0, 0.1) is 5.92 Å². The summed E-state index contributed by atoms with van der Waals surface area (Å²) >= 11 is 0. The molecule has 1 aromatic carbocycles. The fourth-order valence-electron chi connectivity index (χ4n) is 3.62. The lowest BCUT2D eigenvalue weighted by molar-refractivity contribution is -0.134. The average molecular weight is 344 g/mol. The summed E-state index contributed by atoms with van der Waals surface area (Å²) in [4.78, 5) is 19.7. The van der Waals surface area contributed by atoms with Crippen LogP contribution < -0.4 is 0 Å². The van der Waals surface area contributed by atoms with Crippen molar-refractivity contribution in [3.63, 3.8) is 0 Å². The Morgan fingerprint density at radius 2 is 1.72 bits per heavy atom. The van der Waals surface area contributed by atoms with Crippen LogP contribution in [0.1, 0.15) is 32.3 Å². The van der Waals surface area contributed by atoms with Crippen molar-refractivity contribution in [1.29, 1.82) is 0 Å². The lowest BCUT2D eigenvalue weighted by Crippen LogP contribution is -2.51. The van der Waals surface area contributed by atoms with Gasteiger partial charge in [-0.3, -0.25) is 9.69 Å². The van der Waals surface area contributed by atoms with E-state index in [-0.39, 0.29) is 0 Å². The highest BCUT2D eigenvalue weighted by Gasteiger charge is 2.33. The number of nitrogens with zero attached hydrogens (tertiary/aromatic N) is 3. The Bertz CT molecular complexity index is 533. The largest absolute Gasteiger partial charge is 0.338 e. The Balaban J connectivity index is 1.39. The number of carbonyl (C=O) groups excluding carboxylic acids is 1. The van der Waals surface area contributed by atoms with Crippen LogP contribution in [-0.2, 0) is 11.2 Å². The lowest BCUT2D eigenvalue weighted by atomic mass is 10.1. The van der Waals surface area contributed by atoms with Crippen LogP contribution in [0.5, 0.6) is 0 Å². The Morgan fingerprint density at radius 3 is 2.32 bits per heavy atom. The van der Waals surface area contributed by atoms with Gasteiger partial charge >= 0.3 is 0 Å². The molecule has 0 bridgehead atoms. The minimum atomic E-state index is 0.342. The van der Waals surface area contributed by atoms with Crippen LogP contribution in [0.4, 0.5) is 0 Å². The van der Waals surface area contributed by atoms with E-state index in [4.69, 9.17) is 0 Å². The standard InChI is InChI=1S/C21H33N3O/c1-18(2)16-24(20-8-9-20)21(25)17-23-14-12-22(13-15-23)11-10-19-6-4-3-5-7-19/h3-7,18,20H,8-17H2,1-2H3. The van der Waals surface area contributed by atoms with Crippen molar-refractivity contribution in [2.75, 3.05) is 45.8 Å². The molecule has 1 saturated carbocycles. The molecule has 2 fully saturated rings. The molecule has 138 valence electrons. The van der Waals surface area contributed by atoms with E-state index in [0.717, 1.165) is 45.7 Å². The first-order valence-electron chi connectivity index (χ1n) is 9.90. The minimum absolute atomic E-state index is 0.342. The normalized spacial score (nSPS) is 19.3. The number of rotatable bonds is 8. The van der Waals surface area contributed by atoms with Gasteiger partial charge in [-0.25, -0.2) is 0 Å². The van der Waals surface area contributed by atoms with Crippen molar-refractivity contribution in [2.45, 2.75) is 39.2 Å². The maximum Gasteiger partial charge on any atom is 0.237 e. The third-order valence-corrected chi connectivity index (χ3v) is 5.25. The van der Waals surface area contributed by atoms with E-state index in [1.165, 1.54) is 18.4 Å². The molecule has 3 rings (SSSR count). The van der Waals surface area contributed by atoms with Gasteiger partial charge in [0.15, 0.2) is 0 Å². The molecule has 0 atom stereocenters. The highest BCUT2D eigenvalue weighted by Crippen LogP contribution is 2.27. The van der Waals surface area contributed by atoms with Gasteiger partial charge in [0.1, 0.15) is 0 Å². The highest BCUT2D eigenvalue weighted by atomic mass is 16.2. The topological polar surface area (TPSA) is 26.8 Å². The molecule has 1 heterocycles. The van der Waals surface area contributed by atoms with Crippen molar-refractivity contribution in [3.05, 3.63) is 35.9 Å². The van der Waals surface area contributed by atoms with Crippen molar-refractivity contribution >= 4 is 5.91 Å². The van der Waals surface area contributed by atoms with E-state index < -0.39 is 0 Å². The molecule has 0 unspecified atom stereocenters. The summed E-state index contributed by atoms with van der Waals surface area (Å²) in [5, 5.41) is 0. The molecule has 1 amide bonds. The fourth-order valence-corrected chi connectivity index (χ4v) is 3.62. The van der Waals surface area contributed by atoms with E-state index in [9.17, 15) is 4.79 Å². The predicted molar refractivity (Wildman–Crippen MR) is 103 cm³/mol. The summed E-state index contributed by atoms with van der Waals surface area (Å²) < 4.78 is 0. The Kier molecular flexibility index (Phi) is 6.49. The molecular formula is C21H33N3O. The minimum Gasteiger partial charge on any atom is -0.338 e. The number of carbonyl (C=O) groups is 1. The molecule has 1 aliphatic carbocycles. The van der Waals surface area contributed by atoms with Crippen molar-refractivity contribution in [3.8, 4) is 0 Å². The maximum absolute atomic E-state index is 12.7. The van der Waals surface area contributed by atoms with E-state index >= 15 is 0 Å². The van der Waals surface area contributed by atoms with Gasteiger partial charge in [0.2, 0.25) is 5.91 Å². The zero-order valence-electron chi connectivity index (χ0n) is 15.9. The molecule has 0 radical (unpaired) electrons. The summed E-state index contributed by atoms with van der Waals surface area (Å²) in [7, 11) is 0. The van der Waals surface area contributed by atoms with E-state index in [0.29, 0.717) is 24.4 Å². The SMILES string of the molecule is CC(C)CN(C(=O)CN1CCN(CCc2ccccc2)CC1)C1CC1. The first-order valence-corrected chi connectivity index (χ1v) is 9.90. The zero-order chi connectivity index (χ0) is 17.6. The number of benzene rings is 1. The molecule has 4 nitrogen and oxygen atoms in total. The molecule has 1 saturated heterocycles. The van der Waals surface area contributed by atoms with E-state index in [1.807, 2.05) is 0 Å². The van der Waals surface area contributed by atoms with Crippen LogP contribution in [0.3, 0.4) is 0 Å². The van der Waals surface area contributed by atoms with Crippen LogP contribution in [0.25, 0.3) is 0 Å². The first kappa shape index (κ1) is 18.4. The van der Waals surface area contributed by atoms with Crippen LogP contribution in [0.15, 0.2) is 30.3 Å². The second-order valence-electron chi connectivity index (χ2n) is 8.02. The monoisotopic (exact) mass is 343 g/mol. The third-order valence-electron chi connectivity index (χ3n) is 5.25. The molecule has 0 spiro atoms. The van der Waals surface area contributed by atoms with Crippen molar-refractivity contribution < 1.29 is 4.79 Å². The van der Waals surface area contributed by atoms with Gasteiger partial charge in [-0.15, -0.1) is 0 Å². The van der Waals surface area contributed by atoms with Gasteiger partial charge < -0.3 is 9.80 Å². The zero-order valence-corrected chi connectivity index (χ0v) is 15.9. The Hall–Kier alpha value is -1.39. The predicted octanol–water partition coefficient (Wildman–Crippen LogP) is 2.49. The first-order chi connectivity index (χ1) is 12.1. The quantitative estimate of drug-likeness (QED) is 0.726. The molecule has 0 aromatic heterocycles. The van der Waals surface area contributed by atoms with Gasteiger partial charge in [0.25, 0.3) is 0 Å². The molecule has 0 N–H and O–H groups in total. The molecule has 2 aliphatic rings. The number of amides is 1. The van der Waals surface area contributed by atoms with E-state index in [1.54, 1.807) is 0 Å². The summed E-state index contributed by atoms with van der Waals surface area (Å²) in [5.74, 6) is 0.897. The summed E-state index contributed by atoms with van der Waals surface area (Å²) in [6, 6.07) is 11.2. The molecule has 1 aliphatic heterocycles. The number of hydrogen-bond acceptors (Lipinski definition) is 3. The highest BCUT2D eigenvalue weighted by molar-refractivity contribution is 5.79. The summed E-state index contributed by atoms with van der Waals surface area (Å²) in [5.41, 5.74) is 1.41. The summed E-state index contributed by atoms with van der Waals surface area (Å²) in [6.07, 6.45) is 3.51. The Labute approximate surface area is 152 Å². The third kappa shape index (κ3) is 5.82. The molecule has 25 heavy (non-hydrogen) atoms. The van der Waals surface area contributed by atoms with Gasteiger partial charge in [0.05, 0.1) is 6.54 Å². The second kappa shape index (κ2) is 8.81. The van der Waals surface area contributed by atoms with Gasteiger partial charge in [0, 0.05) is 45.3 Å². The lowest BCUT2D eigenvalue weighted by Gasteiger charge is -2.35. The van der Waals surface area contributed by atoms with Crippen molar-refractivity contribution in [1.82, 2.24) is 14.7 Å². The van der Waals surface area contributed by atoms with Crippen LogP contribution in [0.2, 0.25) is 0 Å². The maximum atomic E-state index is 12.7. The molecule has 4 heteroatoms. The van der Waals surface area contributed by atoms with Gasteiger partial charge in [-0.2, -0.15) is 0 Å². The fraction of sp³-hybridized carbons (Fsp3) is 0.667.